The standard InChI is InChI=1S/C12H11ClFN5O/c1-20-5-8-9-11(15)16-17-12(9)19(18-8)10-6(13)3-2-4-7(10)14/h2-4H,5H2,1H3,(H3,15,16,17). The molecule has 3 N–H and O–H groups in total. The minimum atomic E-state index is -0.493. The van der Waals surface area contributed by atoms with Crippen LogP contribution in [0.25, 0.3) is 16.7 Å². The lowest BCUT2D eigenvalue weighted by atomic mass is 10.3. The number of halogens is 2. The summed E-state index contributed by atoms with van der Waals surface area (Å²) in [5.74, 6) is -0.141. The summed E-state index contributed by atoms with van der Waals surface area (Å²) in [5, 5.41) is 11.8. The van der Waals surface area contributed by atoms with Crippen molar-refractivity contribution in [2.45, 2.75) is 6.61 Å². The van der Waals surface area contributed by atoms with Crippen molar-refractivity contribution in [1.29, 1.82) is 0 Å². The molecule has 20 heavy (non-hydrogen) atoms. The maximum Gasteiger partial charge on any atom is 0.187 e. The number of hydrogen-bond donors (Lipinski definition) is 2. The van der Waals surface area contributed by atoms with Crippen molar-refractivity contribution in [2.75, 3.05) is 12.8 Å². The van der Waals surface area contributed by atoms with E-state index in [9.17, 15) is 4.39 Å². The van der Waals surface area contributed by atoms with Gasteiger partial charge in [0, 0.05) is 7.11 Å². The fourth-order valence-electron chi connectivity index (χ4n) is 2.09. The second-order valence-corrected chi connectivity index (χ2v) is 4.60. The first kappa shape index (κ1) is 12.9. The molecular weight excluding hydrogens is 285 g/mol. The third-order valence-electron chi connectivity index (χ3n) is 2.92. The first-order valence-electron chi connectivity index (χ1n) is 5.78. The highest BCUT2D eigenvalue weighted by Crippen LogP contribution is 2.29. The van der Waals surface area contributed by atoms with Gasteiger partial charge in [-0.2, -0.15) is 10.2 Å². The van der Waals surface area contributed by atoms with Gasteiger partial charge in [0.05, 0.1) is 17.0 Å². The van der Waals surface area contributed by atoms with Gasteiger partial charge in [-0.25, -0.2) is 9.07 Å². The van der Waals surface area contributed by atoms with Crippen molar-refractivity contribution in [2.24, 2.45) is 0 Å². The van der Waals surface area contributed by atoms with Gasteiger partial charge in [-0.1, -0.05) is 17.7 Å². The summed E-state index contributed by atoms with van der Waals surface area (Å²) >= 11 is 6.06. The lowest BCUT2D eigenvalue weighted by Crippen LogP contribution is -2.03. The van der Waals surface area contributed by atoms with Gasteiger partial charge in [0.2, 0.25) is 0 Å². The Hall–Kier alpha value is -2.12. The molecule has 0 aliphatic heterocycles. The number of H-pyrrole nitrogens is 1. The Bertz CT molecular complexity index is 761. The van der Waals surface area contributed by atoms with Crippen LogP contribution in [0.5, 0.6) is 0 Å². The second-order valence-electron chi connectivity index (χ2n) is 4.20. The molecule has 0 saturated heterocycles. The van der Waals surface area contributed by atoms with E-state index < -0.39 is 5.82 Å². The molecule has 0 spiro atoms. The van der Waals surface area contributed by atoms with Gasteiger partial charge in [-0.05, 0) is 12.1 Å². The summed E-state index contributed by atoms with van der Waals surface area (Å²) in [6.07, 6.45) is 0. The maximum atomic E-state index is 14.0. The highest BCUT2D eigenvalue weighted by Gasteiger charge is 2.20. The Morgan fingerprint density at radius 3 is 3.00 bits per heavy atom. The third kappa shape index (κ3) is 1.83. The molecule has 2 heterocycles. The van der Waals surface area contributed by atoms with Crippen LogP contribution in [0.2, 0.25) is 5.02 Å². The molecule has 0 saturated carbocycles. The topological polar surface area (TPSA) is 81.8 Å². The highest BCUT2D eigenvalue weighted by atomic mass is 35.5. The first-order valence-corrected chi connectivity index (χ1v) is 6.16. The lowest BCUT2D eigenvalue weighted by Gasteiger charge is -2.05. The van der Waals surface area contributed by atoms with Crippen molar-refractivity contribution in [3.05, 3.63) is 34.7 Å². The molecule has 104 valence electrons. The van der Waals surface area contributed by atoms with E-state index in [0.29, 0.717) is 22.5 Å². The molecule has 0 aliphatic carbocycles. The van der Waals surface area contributed by atoms with Crippen LogP contribution in [-0.4, -0.2) is 27.1 Å². The van der Waals surface area contributed by atoms with Gasteiger partial charge >= 0.3 is 0 Å². The summed E-state index contributed by atoms with van der Waals surface area (Å²) in [4.78, 5) is 0. The number of anilines is 1. The Morgan fingerprint density at radius 1 is 1.50 bits per heavy atom. The zero-order valence-electron chi connectivity index (χ0n) is 10.5. The molecule has 0 bridgehead atoms. The largest absolute Gasteiger partial charge is 0.383 e. The molecule has 0 unspecified atom stereocenters. The number of benzene rings is 1. The summed E-state index contributed by atoms with van der Waals surface area (Å²) in [7, 11) is 1.54. The van der Waals surface area contributed by atoms with E-state index in [1.54, 1.807) is 6.07 Å². The zero-order valence-corrected chi connectivity index (χ0v) is 11.3. The molecule has 0 aliphatic rings. The molecule has 0 fully saturated rings. The maximum absolute atomic E-state index is 14.0. The highest BCUT2D eigenvalue weighted by molar-refractivity contribution is 6.32. The van der Waals surface area contributed by atoms with Gasteiger partial charge in [0.25, 0.3) is 0 Å². The zero-order chi connectivity index (χ0) is 14.3. The SMILES string of the molecule is COCc1nn(-c2c(F)cccc2Cl)c2n[nH]c(N)c12. The minimum absolute atomic E-state index is 0.132. The van der Waals surface area contributed by atoms with Crippen LogP contribution < -0.4 is 5.73 Å². The number of hydrogen-bond acceptors (Lipinski definition) is 4. The van der Waals surface area contributed by atoms with E-state index in [4.69, 9.17) is 22.1 Å². The van der Waals surface area contributed by atoms with Crippen molar-refractivity contribution in [3.8, 4) is 5.69 Å². The number of nitrogens with two attached hydrogens (primary N) is 1. The van der Waals surface area contributed by atoms with Crippen LogP contribution in [0.1, 0.15) is 5.69 Å². The Morgan fingerprint density at radius 2 is 2.30 bits per heavy atom. The average molecular weight is 296 g/mol. The predicted molar refractivity (Wildman–Crippen MR) is 73.3 cm³/mol. The van der Waals surface area contributed by atoms with Crippen molar-refractivity contribution < 1.29 is 9.13 Å². The van der Waals surface area contributed by atoms with Crippen LogP contribution in [-0.2, 0) is 11.3 Å². The Labute approximate surface area is 118 Å². The number of nitrogens with one attached hydrogen (secondary N) is 1. The van der Waals surface area contributed by atoms with Gasteiger partial charge in [-0.15, -0.1) is 0 Å². The number of nitrogens with zero attached hydrogens (tertiary/aromatic N) is 3. The van der Waals surface area contributed by atoms with Crippen LogP contribution >= 0.6 is 11.6 Å². The van der Waals surface area contributed by atoms with Crippen LogP contribution in [0.15, 0.2) is 18.2 Å². The molecule has 8 heteroatoms. The number of nitrogen functional groups attached to an aromatic ring is 1. The first-order chi connectivity index (χ1) is 9.63. The molecular formula is C12H11ClFN5O. The summed E-state index contributed by atoms with van der Waals surface area (Å²) in [5.41, 5.74) is 6.92. The lowest BCUT2D eigenvalue weighted by molar-refractivity contribution is 0.182. The Balaban J connectivity index is 2.32. The quantitative estimate of drug-likeness (QED) is 0.776. The van der Waals surface area contributed by atoms with Crippen molar-refractivity contribution in [1.82, 2.24) is 20.0 Å². The number of aromatic amines is 1. The van der Waals surface area contributed by atoms with Crippen LogP contribution in [0.4, 0.5) is 10.2 Å². The van der Waals surface area contributed by atoms with Crippen LogP contribution in [0, 0.1) is 5.82 Å². The third-order valence-corrected chi connectivity index (χ3v) is 3.22. The van der Waals surface area contributed by atoms with Crippen LogP contribution in [0.3, 0.4) is 0 Å². The van der Waals surface area contributed by atoms with E-state index in [-0.39, 0.29) is 17.3 Å². The molecule has 0 radical (unpaired) electrons. The van der Waals surface area contributed by atoms with Gasteiger partial charge < -0.3 is 10.5 Å². The number of fused-ring (bicyclic) bond motifs is 1. The summed E-state index contributed by atoms with van der Waals surface area (Å²) in [6.45, 7) is 0.235. The second kappa shape index (κ2) is 4.77. The van der Waals surface area contributed by atoms with E-state index in [0.717, 1.165) is 0 Å². The summed E-state index contributed by atoms with van der Waals surface area (Å²) in [6, 6.07) is 4.41. The van der Waals surface area contributed by atoms with E-state index in [1.165, 1.54) is 23.9 Å². The van der Waals surface area contributed by atoms with Gasteiger partial charge in [0.1, 0.15) is 23.0 Å². The smallest absolute Gasteiger partial charge is 0.187 e. The van der Waals surface area contributed by atoms with Gasteiger partial charge in [0.15, 0.2) is 5.65 Å². The monoisotopic (exact) mass is 295 g/mol. The molecule has 0 amide bonds. The molecule has 3 rings (SSSR count). The van der Waals surface area contributed by atoms with E-state index in [2.05, 4.69) is 15.3 Å². The van der Waals surface area contributed by atoms with E-state index in [1.807, 2.05) is 0 Å². The average Bonchev–Trinajstić information content (AvgIpc) is 2.93. The molecule has 6 nitrogen and oxygen atoms in total. The van der Waals surface area contributed by atoms with E-state index >= 15 is 0 Å². The molecule has 3 aromatic rings. The predicted octanol–water partition coefficient (Wildman–Crippen LogP) is 2.27. The minimum Gasteiger partial charge on any atom is -0.383 e. The number of methoxy groups -OCH3 is 1. The van der Waals surface area contributed by atoms with Crippen molar-refractivity contribution in [3.63, 3.8) is 0 Å². The number of ether oxygens (including phenoxy) is 1. The van der Waals surface area contributed by atoms with Crippen molar-refractivity contribution >= 4 is 28.5 Å². The summed E-state index contributed by atoms with van der Waals surface area (Å²) < 4.78 is 20.4. The molecule has 2 aromatic heterocycles. The normalized spacial score (nSPS) is 11.3. The fraction of sp³-hybridized carbons (Fsp3) is 0.167. The van der Waals surface area contributed by atoms with Gasteiger partial charge in [-0.3, -0.25) is 5.10 Å². The fourth-order valence-corrected chi connectivity index (χ4v) is 2.33. The number of para-hydroxylation sites is 1. The Kier molecular flexibility index (Phi) is 3.07. The number of aromatic nitrogens is 4. The molecule has 1 aromatic carbocycles. The number of rotatable bonds is 3. The molecule has 0 atom stereocenters.